The second kappa shape index (κ2) is 4.51. The van der Waals surface area contributed by atoms with Crippen molar-refractivity contribution in [1.29, 1.82) is 0 Å². The molecule has 0 atom stereocenters. The lowest BCUT2D eigenvalue weighted by atomic mass is 10.2. The average Bonchev–Trinajstić information content (AvgIpc) is 2.72. The van der Waals surface area contributed by atoms with Gasteiger partial charge in [0.25, 0.3) is 0 Å². The molecule has 0 saturated heterocycles. The largest absolute Gasteiger partial charge is 0.301 e. The first-order valence-electron chi connectivity index (χ1n) is 5.84. The van der Waals surface area contributed by atoms with E-state index in [4.69, 9.17) is 23.2 Å². The highest BCUT2D eigenvalue weighted by molar-refractivity contribution is 6.41. The van der Waals surface area contributed by atoms with Gasteiger partial charge in [-0.15, -0.1) is 0 Å². The lowest BCUT2D eigenvalue weighted by Gasteiger charge is -2.03. The highest BCUT2D eigenvalue weighted by Crippen LogP contribution is 2.28. The van der Waals surface area contributed by atoms with Crippen molar-refractivity contribution in [3.63, 3.8) is 0 Å². The normalized spacial score (nSPS) is 11.2. The van der Waals surface area contributed by atoms with Crippen LogP contribution < -0.4 is 0 Å². The Morgan fingerprint density at radius 1 is 1.16 bits per heavy atom. The van der Waals surface area contributed by atoms with E-state index in [0.29, 0.717) is 10.2 Å². The van der Waals surface area contributed by atoms with Crippen LogP contribution in [0.4, 0.5) is 0 Å². The summed E-state index contributed by atoms with van der Waals surface area (Å²) < 4.78 is 2.11. The number of rotatable bonds is 1. The first-order valence-corrected chi connectivity index (χ1v) is 6.59. The Bertz CT molecular complexity index is 778. The Morgan fingerprint density at radius 2 is 1.95 bits per heavy atom. The Balaban J connectivity index is 2.28. The molecular weight excluding hydrogens is 281 g/mol. The van der Waals surface area contributed by atoms with Crippen LogP contribution >= 0.6 is 23.2 Å². The molecule has 3 rings (SSSR count). The number of pyridine rings is 2. The number of aromatic nitrogens is 3. The molecule has 0 spiro atoms. The molecule has 3 aromatic heterocycles. The number of hydrogen-bond acceptors (Lipinski definition) is 2. The van der Waals surface area contributed by atoms with E-state index in [-0.39, 0.29) is 0 Å². The van der Waals surface area contributed by atoms with Gasteiger partial charge < -0.3 is 4.40 Å². The predicted molar refractivity (Wildman–Crippen MR) is 77.9 cm³/mol. The zero-order valence-electron chi connectivity index (χ0n) is 10.5. The Labute approximate surface area is 120 Å². The van der Waals surface area contributed by atoms with Crippen LogP contribution in [0, 0.1) is 13.8 Å². The Hall–Kier alpha value is -1.58. The minimum absolute atomic E-state index is 0.308. The van der Waals surface area contributed by atoms with Crippen LogP contribution in [0.3, 0.4) is 0 Å². The molecule has 0 N–H and O–H groups in total. The zero-order valence-corrected chi connectivity index (χ0v) is 12.0. The fraction of sp³-hybridized carbons (Fsp3) is 0.143. The van der Waals surface area contributed by atoms with Gasteiger partial charge in [-0.1, -0.05) is 29.3 Å². The topological polar surface area (TPSA) is 30.2 Å². The van der Waals surface area contributed by atoms with Gasteiger partial charge in [0.2, 0.25) is 0 Å². The van der Waals surface area contributed by atoms with Crippen molar-refractivity contribution in [2.45, 2.75) is 13.8 Å². The second-order valence-electron chi connectivity index (χ2n) is 4.40. The Kier molecular flexibility index (Phi) is 2.96. The SMILES string of the molecule is Cc1cccc2nc(-c3cnc(Cl)c(Cl)c3)c(C)n12. The third-order valence-corrected chi connectivity index (χ3v) is 3.82. The van der Waals surface area contributed by atoms with Gasteiger partial charge >= 0.3 is 0 Å². The summed E-state index contributed by atoms with van der Waals surface area (Å²) in [5.74, 6) is 0. The van der Waals surface area contributed by atoms with Crippen molar-refractivity contribution >= 4 is 28.8 Å². The molecular formula is C14H11Cl2N3. The Morgan fingerprint density at radius 3 is 2.63 bits per heavy atom. The van der Waals surface area contributed by atoms with Crippen LogP contribution in [0.2, 0.25) is 10.2 Å². The molecule has 3 nitrogen and oxygen atoms in total. The number of halogens is 2. The monoisotopic (exact) mass is 291 g/mol. The minimum atomic E-state index is 0.308. The first-order chi connectivity index (χ1) is 9.08. The standard InChI is InChI=1S/C14H11Cl2N3/c1-8-4-3-5-12-18-13(9(2)19(8)12)10-6-11(15)14(16)17-7-10/h3-7H,1-2H3. The third-order valence-electron chi connectivity index (χ3n) is 3.14. The molecule has 0 fully saturated rings. The summed E-state index contributed by atoms with van der Waals surface area (Å²) in [5, 5.41) is 0.746. The molecule has 0 unspecified atom stereocenters. The highest BCUT2D eigenvalue weighted by atomic mass is 35.5. The van der Waals surface area contributed by atoms with Crippen molar-refractivity contribution in [3.8, 4) is 11.3 Å². The van der Waals surface area contributed by atoms with E-state index >= 15 is 0 Å². The fourth-order valence-electron chi connectivity index (χ4n) is 2.25. The van der Waals surface area contributed by atoms with Gasteiger partial charge in [-0.05, 0) is 32.0 Å². The maximum absolute atomic E-state index is 6.02. The molecule has 0 aliphatic heterocycles. The van der Waals surface area contributed by atoms with E-state index in [1.165, 1.54) is 0 Å². The van der Waals surface area contributed by atoms with Crippen LogP contribution in [0.25, 0.3) is 16.9 Å². The first kappa shape index (κ1) is 12.5. The molecule has 19 heavy (non-hydrogen) atoms. The van der Waals surface area contributed by atoms with Crippen molar-refractivity contribution < 1.29 is 0 Å². The number of nitrogens with zero attached hydrogens (tertiary/aromatic N) is 3. The molecule has 0 saturated carbocycles. The summed E-state index contributed by atoms with van der Waals surface area (Å²) in [4.78, 5) is 8.71. The molecule has 96 valence electrons. The van der Waals surface area contributed by atoms with Gasteiger partial charge in [-0.3, -0.25) is 0 Å². The lowest BCUT2D eigenvalue weighted by Crippen LogP contribution is -1.92. The van der Waals surface area contributed by atoms with E-state index in [1.807, 2.05) is 19.1 Å². The molecule has 0 aromatic carbocycles. The van der Waals surface area contributed by atoms with Crippen LogP contribution in [0.1, 0.15) is 11.4 Å². The third kappa shape index (κ3) is 1.99. The molecule has 0 amide bonds. The quantitative estimate of drug-likeness (QED) is 0.625. The molecule has 3 heterocycles. The van der Waals surface area contributed by atoms with Gasteiger partial charge in [-0.2, -0.15) is 0 Å². The summed E-state index contributed by atoms with van der Waals surface area (Å²) in [5.41, 5.74) is 4.86. The molecule has 0 aliphatic rings. The van der Waals surface area contributed by atoms with Gasteiger partial charge in [0.05, 0.1) is 10.7 Å². The van der Waals surface area contributed by atoms with Crippen molar-refractivity contribution in [1.82, 2.24) is 14.4 Å². The average molecular weight is 292 g/mol. The minimum Gasteiger partial charge on any atom is -0.301 e. The number of hydrogen-bond donors (Lipinski definition) is 0. The van der Waals surface area contributed by atoms with Crippen LogP contribution in [-0.2, 0) is 0 Å². The molecule has 3 aromatic rings. The van der Waals surface area contributed by atoms with Crippen LogP contribution in [-0.4, -0.2) is 14.4 Å². The molecule has 5 heteroatoms. The van der Waals surface area contributed by atoms with Crippen molar-refractivity contribution in [3.05, 3.63) is 52.0 Å². The summed E-state index contributed by atoms with van der Waals surface area (Å²) in [6.45, 7) is 4.09. The van der Waals surface area contributed by atoms with E-state index in [1.54, 1.807) is 12.3 Å². The zero-order chi connectivity index (χ0) is 13.6. The fourth-order valence-corrected chi connectivity index (χ4v) is 2.52. The van der Waals surface area contributed by atoms with E-state index in [0.717, 1.165) is 28.3 Å². The predicted octanol–water partition coefficient (Wildman–Crippen LogP) is 4.32. The van der Waals surface area contributed by atoms with E-state index < -0.39 is 0 Å². The second-order valence-corrected chi connectivity index (χ2v) is 5.17. The number of fused-ring (bicyclic) bond motifs is 1. The number of imidazole rings is 1. The maximum Gasteiger partial charge on any atom is 0.147 e. The van der Waals surface area contributed by atoms with E-state index in [2.05, 4.69) is 27.4 Å². The van der Waals surface area contributed by atoms with Crippen molar-refractivity contribution in [2.75, 3.05) is 0 Å². The van der Waals surface area contributed by atoms with Crippen molar-refractivity contribution in [2.24, 2.45) is 0 Å². The van der Waals surface area contributed by atoms with Gasteiger partial charge in [0.1, 0.15) is 10.8 Å². The van der Waals surface area contributed by atoms with Gasteiger partial charge in [0.15, 0.2) is 0 Å². The summed E-state index contributed by atoms with van der Waals surface area (Å²) >= 11 is 11.9. The molecule has 0 radical (unpaired) electrons. The molecule has 0 bridgehead atoms. The van der Waals surface area contributed by atoms with Gasteiger partial charge in [0, 0.05) is 23.1 Å². The smallest absolute Gasteiger partial charge is 0.147 e. The summed E-state index contributed by atoms with van der Waals surface area (Å²) in [6.07, 6.45) is 1.69. The summed E-state index contributed by atoms with van der Waals surface area (Å²) in [6, 6.07) is 7.82. The summed E-state index contributed by atoms with van der Waals surface area (Å²) in [7, 11) is 0. The van der Waals surface area contributed by atoms with Crippen LogP contribution in [0.15, 0.2) is 30.5 Å². The van der Waals surface area contributed by atoms with E-state index in [9.17, 15) is 0 Å². The molecule has 0 aliphatic carbocycles. The van der Waals surface area contributed by atoms with Crippen LogP contribution in [0.5, 0.6) is 0 Å². The maximum atomic E-state index is 6.02. The van der Waals surface area contributed by atoms with Gasteiger partial charge in [-0.25, -0.2) is 9.97 Å². The highest BCUT2D eigenvalue weighted by Gasteiger charge is 2.13. The lowest BCUT2D eigenvalue weighted by molar-refractivity contribution is 1.04. The number of aryl methyl sites for hydroxylation is 2.